The SMILES string of the molecule is CN1C[C@H](N)C[C@@H](C#N)C1. The average molecular weight is 139 g/mol. The van der Waals surface area contributed by atoms with Gasteiger partial charge in [0.05, 0.1) is 12.0 Å². The highest BCUT2D eigenvalue weighted by molar-refractivity contribution is 4.91. The lowest BCUT2D eigenvalue weighted by atomic mass is 9.97. The molecule has 0 amide bonds. The Morgan fingerprint density at radius 1 is 1.60 bits per heavy atom. The van der Waals surface area contributed by atoms with E-state index in [1.54, 1.807) is 0 Å². The van der Waals surface area contributed by atoms with Crippen molar-refractivity contribution in [3.05, 3.63) is 0 Å². The van der Waals surface area contributed by atoms with Gasteiger partial charge in [0, 0.05) is 19.1 Å². The van der Waals surface area contributed by atoms with Crippen LogP contribution >= 0.6 is 0 Å². The number of nitrogens with two attached hydrogens (primary N) is 1. The molecule has 1 aliphatic rings. The maximum absolute atomic E-state index is 8.59. The zero-order valence-corrected chi connectivity index (χ0v) is 6.25. The van der Waals surface area contributed by atoms with Crippen LogP contribution in [-0.4, -0.2) is 31.1 Å². The number of likely N-dealkylation sites (N-methyl/N-ethyl adjacent to an activating group) is 1. The van der Waals surface area contributed by atoms with Gasteiger partial charge in [-0.25, -0.2) is 0 Å². The van der Waals surface area contributed by atoms with Crippen molar-refractivity contribution in [3.63, 3.8) is 0 Å². The molecule has 0 saturated carbocycles. The van der Waals surface area contributed by atoms with E-state index in [2.05, 4.69) is 11.0 Å². The minimum Gasteiger partial charge on any atom is -0.326 e. The lowest BCUT2D eigenvalue weighted by Crippen LogP contribution is -2.44. The quantitative estimate of drug-likeness (QED) is 0.505. The van der Waals surface area contributed by atoms with E-state index in [1.807, 2.05) is 7.05 Å². The first-order valence-corrected chi connectivity index (χ1v) is 3.56. The van der Waals surface area contributed by atoms with E-state index in [9.17, 15) is 0 Å². The van der Waals surface area contributed by atoms with Gasteiger partial charge in [-0.3, -0.25) is 0 Å². The smallest absolute Gasteiger partial charge is 0.0669 e. The molecule has 1 saturated heterocycles. The summed E-state index contributed by atoms with van der Waals surface area (Å²) in [4.78, 5) is 2.11. The second kappa shape index (κ2) is 3.00. The molecular weight excluding hydrogens is 126 g/mol. The Labute approximate surface area is 61.4 Å². The standard InChI is InChI=1S/C7H13N3/c1-10-4-6(3-8)2-7(9)5-10/h6-7H,2,4-5,9H2,1H3/t6-,7+/m0/s1. The summed E-state index contributed by atoms with van der Waals surface area (Å²) < 4.78 is 0. The lowest BCUT2D eigenvalue weighted by molar-refractivity contribution is 0.217. The van der Waals surface area contributed by atoms with Crippen molar-refractivity contribution < 1.29 is 0 Å². The van der Waals surface area contributed by atoms with Gasteiger partial charge in [-0.1, -0.05) is 0 Å². The second-order valence-corrected chi connectivity index (χ2v) is 3.04. The van der Waals surface area contributed by atoms with Crippen LogP contribution in [0.15, 0.2) is 0 Å². The normalized spacial score (nSPS) is 35.3. The van der Waals surface area contributed by atoms with Crippen LogP contribution in [0.2, 0.25) is 0 Å². The van der Waals surface area contributed by atoms with Gasteiger partial charge in [0.25, 0.3) is 0 Å². The Kier molecular flexibility index (Phi) is 2.25. The molecule has 1 heterocycles. The molecule has 3 nitrogen and oxygen atoms in total. The van der Waals surface area contributed by atoms with Crippen LogP contribution < -0.4 is 5.73 Å². The van der Waals surface area contributed by atoms with Gasteiger partial charge in [0.15, 0.2) is 0 Å². The molecule has 0 aromatic heterocycles. The number of hydrogen-bond donors (Lipinski definition) is 1. The first kappa shape index (κ1) is 7.52. The predicted molar refractivity (Wildman–Crippen MR) is 39.2 cm³/mol. The van der Waals surface area contributed by atoms with Crippen molar-refractivity contribution in [1.29, 1.82) is 5.26 Å². The molecule has 3 heteroatoms. The van der Waals surface area contributed by atoms with Crippen LogP contribution in [0.3, 0.4) is 0 Å². The van der Waals surface area contributed by atoms with Crippen LogP contribution in [0.4, 0.5) is 0 Å². The summed E-state index contributed by atoms with van der Waals surface area (Å²) in [5.74, 6) is 0.147. The minimum absolute atomic E-state index is 0.147. The van der Waals surface area contributed by atoms with Crippen molar-refractivity contribution in [2.75, 3.05) is 20.1 Å². The summed E-state index contributed by atoms with van der Waals surface area (Å²) >= 11 is 0. The molecule has 0 aliphatic carbocycles. The summed E-state index contributed by atoms with van der Waals surface area (Å²) in [5.41, 5.74) is 5.70. The Bertz CT molecular complexity index is 139. The number of nitrogens with zero attached hydrogens (tertiary/aromatic N) is 2. The van der Waals surface area contributed by atoms with Gasteiger partial charge in [0.2, 0.25) is 0 Å². The fourth-order valence-corrected chi connectivity index (χ4v) is 1.46. The highest BCUT2D eigenvalue weighted by Gasteiger charge is 2.21. The fourth-order valence-electron chi connectivity index (χ4n) is 1.46. The summed E-state index contributed by atoms with van der Waals surface area (Å²) in [6.07, 6.45) is 0.862. The van der Waals surface area contributed by atoms with Gasteiger partial charge in [-0.05, 0) is 13.5 Å². The van der Waals surface area contributed by atoms with E-state index in [-0.39, 0.29) is 12.0 Å². The number of piperidine rings is 1. The van der Waals surface area contributed by atoms with E-state index >= 15 is 0 Å². The average Bonchev–Trinajstić information content (AvgIpc) is 1.85. The highest BCUT2D eigenvalue weighted by atomic mass is 15.1. The Balaban J connectivity index is 2.44. The van der Waals surface area contributed by atoms with Crippen LogP contribution in [0, 0.1) is 17.2 Å². The van der Waals surface area contributed by atoms with Crippen LogP contribution in [0.5, 0.6) is 0 Å². The molecule has 1 aliphatic heterocycles. The predicted octanol–water partition coefficient (Wildman–Crippen LogP) is -0.211. The molecule has 0 bridgehead atoms. The van der Waals surface area contributed by atoms with Crippen LogP contribution in [0.1, 0.15) is 6.42 Å². The van der Waals surface area contributed by atoms with E-state index in [0.29, 0.717) is 0 Å². The van der Waals surface area contributed by atoms with Gasteiger partial charge in [0.1, 0.15) is 0 Å². The molecular formula is C7H13N3. The molecule has 10 heavy (non-hydrogen) atoms. The second-order valence-electron chi connectivity index (χ2n) is 3.04. The summed E-state index contributed by atoms with van der Waals surface area (Å²) in [7, 11) is 2.00. The molecule has 56 valence electrons. The summed E-state index contributed by atoms with van der Waals surface area (Å²) in [5, 5.41) is 8.59. The van der Waals surface area contributed by atoms with Gasteiger partial charge >= 0.3 is 0 Å². The Morgan fingerprint density at radius 3 is 2.80 bits per heavy atom. The zero-order chi connectivity index (χ0) is 7.56. The van der Waals surface area contributed by atoms with Crippen molar-refractivity contribution in [2.45, 2.75) is 12.5 Å². The van der Waals surface area contributed by atoms with E-state index in [1.165, 1.54) is 0 Å². The molecule has 2 atom stereocenters. The molecule has 0 unspecified atom stereocenters. The summed E-state index contributed by atoms with van der Waals surface area (Å²) in [6, 6.07) is 2.44. The third kappa shape index (κ3) is 1.69. The highest BCUT2D eigenvalue weighted by Crippen LogP contribution is 2.12. The molecule has 2 N–H and O–H groups in total. The van der Waals surface area contributed by atoms with Gasteiger partial charge in [-0.2, -0.15) is 5.26 Å². The molecule has 0 radical (unpaired) electrons. The Hall–Kier alpha value is -0.590. The van der Waals surface area contributed by atoms with Crippen molar-refractivity contribution in [2.24, 2.45) is 11.7 Å². The van der Waals surface area contributed by atoms with Crippen molar-refractivity contribution in [1.82, 2.24) is 4.90 Å². The maximum Gasteiger partial charge on any atom is 0.0669 e. The summed E-state index contributed by atoms with van der Waals surface area (Å²) in [6.45, 7) is 1.81. The first-order valence-electron chi connectivity index (χ1n) is 3.56. The molecule has 0 spiro atoms. The molecule has 1 fully saturated rings. The maximum atomic E-state index is 8.59. The van der Waals surface area contributed by atoms with Gasteiger partial charge < -0.3 is 10.6 Å². The third-order valence-corrected chi connectivity index (χ3v) is 1.85. The number of likely N-dealkylation sites (tertiary alicyclic amines) is 1. The fraction of sp³-hybridized carbons (Fsp3) is 0.857. The molecule has 0 aromatic carbocycles. The van der Waals surface area contributed by atoms with Crippen LogP contribution in [0.25, 0.3) is 0 Å². The number of rotatable bonds is 0. The van der Waals surface area contributed by atoms with E-state index in [0.717, 1.165) is 19.5 Å². The first-order chi connectivity index (χ1) is 4.72. The van der Waals surface area contributed by atoms with Gasteiger partial charge in [-0.15, -0.1) is 0 Å². The number of nitriles is 1. The minimum atomic E-state index is 0.147. The topological polar surface area (TPSA) is 53.0 Å². The lowest BCUT2D eigenvalue weighted by Gasteiger charge is -2.30. The van der Waals surface area contributed by atoms with E-state index < -0.39 is 0 Å². The van der Waals surface area contributed by atoms with E-state index in [4.69, 9.17) is 11.0 Å². The van der Waals surface area contributed by atoms with Crippen LogP contribution in [-0.2, 0) is 0 Å². The third-order valence-electron chi connectivity index (χ3n) is 1.85. The van der Waals surface area contributed by atoms with Crippen molar-refractivity contribution in [3.8, 4) is 6.07 Å². The van der Waals surface area contributed by atoms with Crippen molar-refractivity contribution >= 4 is 0 Å². The monoisotopic (exact) mass is 139 g/mol. The zero-order valence-electron chi connectivity index (χ0n) is 6.25. The largest absolute Gasteiger partial charge is 0.326 e. The Morgan fingerprint density at radius 2 is 2.30 bits per heavy atom. The molecule has 1 rings (SSSR count). The molecule has 0 aromatic rings. The number of hydrogen-bond acceptors (Lipinski definition) is 3.